The largest absolute Gasteiger partial charge is 0.486 e. The van der Waals surface area contributed by atoms with Crippen molar-refractivity contribution < 1.29 is 22.7 Å². The molecular weight excluding hydrogens is 430 g/mol. The lowest BCUT2D eigenvalue weighted by molar-refractivity contribution is 0.0939. The Morgan fingerprint density at radius 3 is 2.34 bits per heavy atom. The summed E-state index contributed by atoms with van der Waals surface area (Å²) in [5.41, 5.74) is 2.06. The molecule has 32 heavy (non-hydrogen) atoms. The minimum Gasteiger partial charge on any atom is -0.486 e. The van der Waals surface area contributed by atoms with Crippen LogP contribution in [0.3, 0.4) is 0 Å². The average molecular weight is 460 g/mol. The molecule has 2 aliphatic rings. The van der Waals surface area contributed by atoms with Crippen LogP contribution in [-0.4, -0.2) is 70.0 Å². The van der Waals surface area contributed by atoms with Crippen LogP contribution >= 0.6 is 0 Å². The van der Waals surface area contributed by atoms with Gasteiger partial charge in [-0.3, -0.25) is 4.79 Å². The second-order valence-electron chi connectivity index (χ2n) is 8.25. The van der Waals surface area contributed by atoms with E-state index < -0.39 is 10.0 Å². The van der Waals surface area contributed by atoms with Crippen molar-refractivity contribution in [3.63, 3.8) is 0 Å². The molecule has 1 fully saturated rings. The number of carbonyl (C=O) groups excluding carboxylic acids is 1. The summed E-state index contributed by atoms with van der Waals surface area (Å²) in [6.07, 6.45) is 0. The van der Waals surface area contributed by atoms with Gasteiger partial charge in [-0.25, -0.2) is 8.42 Å². The average Bonchev–Trinajstić information content (AvgIpc) is 2.79. The number of hydrogen-bond donors (Lipinski definition) is 1. The first-order valence-corrected chi connectivity index (χ1v) is 12.4. The topological polar surface area (TPSA) is 88.2 Å². The molecule has 172 valence electrons. The molecule has 1 amide bonds. The summed E-state index contributed by atoms with van der Waals surface area (Å²) in [7, 11) is -1.38. The van der Waals surface area contributed by atoms with E-state index in [-0.39, 0.29) is 17.7 Å². The fourth-order valence-corrected chi connectivity index (χ4v) is 5.33. The van der Waals surface area contributed by atoms with Crippen LogP contribution in [0.15, 0.2) is 42.5 Å². The number of sulfonamides is 1. The maximum absolute atomic E-state index is 12.7. The molecule has 0 aromatic heterocycles. The first-order valence-electron chi connectivity index (χ1n) is 10.8. The first kappa shape index (κ1) is 22.6. The summed E-state index contributed by atoms with van der Waals surface area (Å²) >= 11 is 0. The molecule has 9 heteroatoms. The molecule has 2 aliphatic heterocycles. The fourth-order valence-electron chi connectivity index (χ4n) is 3.81. The van der Waals surface area contributed by atoms with Gasteiger partial charge in [0, 0.05) is 31.7 Å². The number of likely N-dealkylation sites (N-methyl/N-ethyl adjacent to an activating group) is 1. The number of benzene rings is 2. The number of hydrogen-bond acceptors (Lipinski definition) is 6. The first-order chi connectivity index (χ1) is 15.3. The van der Waals surface area contributed by atoms with E-state index in [1.54, 1.807) is 28.6 Å². The molecule has 1 atom stereocenters. The Bertz CT molecular complexity index is 1060. The van der Waals surface area contributed by atoms with Crippen LogP contribution in [0, 0.1) is 0 Å². The molecular formula is C23H29N3O5S. The van der Waals surface area contributed by atoms with Gasteiger partial charge in [-0.15, -0.1) is 0 Å². The number of piperazine rings is 1. The molecule has 0 saturated carbocycles. The van der Waals surface area contributed by atoms with Crippen molar-refractivity contribution in [3.8, 4) is 11.5 Å². The number of fused-ring (bicyclic) bond motifs is 1. The maximum atomic E-state index is 12.7. The highest BCUT2D eigenvalue weighted by atomic mass is 32.2. The van der Waals surface area contributed by atoms with E-state index in [0.717, 1.165) is 18.7 Å². The van der Waals surface area contributed by atoms with Crippen LogP contribution in [0.5, 0.6) is 11.5 Å². The minimum absolute atomic E-state index is 0.0633. The smallest absolute Gasteiger partial charge is 0.251 e. The van der Waals surface area contributed by atoms with Crippen molar-refractivity contribution in [2.75, 3.05) is 46.4 Å². The van der Waals surface area contributed by atoms with Gasteiger partial charge in [0.25, 0.3) is 5.91 Å². The zero-order valence-corrected chi connectivity index (χ0v) is 19.2. The molecule has 1 saturated heterocycles. The molecule has 1 N–H and O–H groups in total. The SMILES string of the molecule is C[C@@H](NC(=O)c1ccc(CS(=O)(=O)N2CCN(C)CC2)cc1)c1ccc2c(c1)OCCO2. The molecule has 0 aliphatic carbocycles. The summed E-state index contributed by atoms with van der Waals surface area (Å²) in [6, 6.07) is 12.2. The van der Waals surface area contributed by atoms with Crippen molar-refractivity contribution in [1.29, 1.82) is 0 Å². The Labute approximate surface area is 189 Å². The lowest BCUT2D eigenvalue weighted by Crippen LogP contribution is -2.47. The fraction of sp³-hybridized carbons (Fsp3) is 0.435. The highest BCUT2D eigenvalue weighted by molar-refractivity contribution is 7.88. The molecule has 2 heterocycles. The summed E-state index contributed by atoms with van der Waals surface area (Å²) < 4.78 is 38.1. The van der Waals surface area contributed by atoms with Gasteiger partial charge >= 0.3 is 0 Å². The standard InChI is InChI=1S/C23H29N3O5S/c1-17(20-7-8-21-22(15-20)31-14-13-30-21)24-23(27)19-5-3-18(4-6-19)16-32(28,29)26-11-9-25(2)10-12-26/h3-8,15,17H,9-14,16H2,1-2H3,(H,24,27)/t17-/m1/s1. The van der Waals surface area contributed by atoms with Gasteiger partial charge in [-0.1, -0.05) is 18.2 Å². The molecule has 0 spiro atoms. The predicted octanol–water partition coefficient (Wildman–Crippen LogP) is 2.03. The third-order valence-electron chi connectivity index (χ3n) is 5.83. The maximum Gasteiger partial charge on any atom is 0.251 e. The van der Waals surface area contributed by atoms with Crippen molar-refractivity contribution in [1.82, 2.24) is 14.5 Å². The highest BCUT2D eigenvalue weighted by Crippen LogP contribution is 2.32. The van der Waals surface area contributed by atoms with Crippen molar-refractivity contribution >= 4 is 15.9 Å². The second-order valence-corrected chi connectivity index (χ2v) is 10.2. The van der Waals surface area contributed by atoms with Crippen LogP contribution in [0.1, 0.15) is 34.5 Å². The summed E-state index contributed by atoms with van der Waals surface area (Å²) in [6.45, 7) is 5.44. The lowest BCUT2D eigenvalue weighted by atomic mass is 10.1. The number of rotatable bonds is 6. The quantitative estimate of drug-likeness (QED) is 0.711. The Balaban J connectivity index is 1.36. The Morgan fingerprint density at radius 2 is 1.66 bits per heavy atom. The van der Waals surface area contributed by atoms with E-state index in [0.29, 0.717) is 48.9 Å². The van der Waals surface area contributed by atoms with Crippen molar-refractivity contribution in [3.05, 3.63) is 59.2 Å². The molecule has 2 aromatic carbocycles. The van der Waals surface area contributed by atoms with E-state index >= 15 is 0 Å². The predicted molar refractivity (Wildman–Crippen MR) is 121 cm³/mol. The van der Waals surface area contributed by atoms with Crippen LogP contribution in [0.25, 0.3) is 0 Å². The third kappa shape index (κ3) is 5.23. The molecule has 4 rings (SSSR count). The van der Waals surface area contributed by atoms with Gasteiger partial charge in [0.05, 0.1) is 11.8 Å². The summed E-state index contributed by atoms with van der Waals surface area (Å²) in [5, 5.41) is 2.98. The normalized spacial score (nSPS) is 18.2. The lowest BCUT2D eigenvalue weighted by Gasteiger charge is -2.31. The van der Waals surface area contributed by atoms with Crippen LogP contribution < -0.4 is 14.8 Å². The van der Waals surface area contributed by atoms with Crippen LogP contribution in [0.4, 0.5) is 0 Å². The number of nitrogens with zero attached hydrogens (tertiary/aromatic N) is 2. The Kier molecular flexibility index (Phi) is 6.68. The molecule has 2 aromatic rings. The van der Waals surface area contributed by atoms with Crippen LogP contribution in [-0.2, 0) is 15.8 Å². The molecule has 0 radical (unpaired) electrons. The molecule has 0 bridgehead atoms. The van der Waals surface area contributed by atoms with Crippen LogP contribution in [0.2, 0.25) is 0 Å². The number of amides is 1. The summed E-state index contributed by atoms with van der Waals surface area (Å²) in [5.74, 6) is 1.11. The van der Waals surface area contributed by atoms with E-state index in [2.05, 4.69) is 10.2 Å². The van der Waals surface area contributed by atoms with Crippen molar-refractivity contribution in [2.45, 2.75) is 18.7 Å². The van der Waals surface area contributed by atoms with Gasteiger partial charge in [0.2, 0.25) is 10.0 Å². The van der Waals surface area contributed by atoms with E-state index in [1.807, 2.05) is 32.2 Å². The third-order valence-corrected chi connectivity index (χ3v) is 7.68. The number of carbonyl (C=O) groups is 1. The van der Waals surface area contributed by atoms with E-state index in [4.69, 9.17) is 9.47 Å². The number of nitrogens with one attached hydrogen (secondary N) is 1. The monoisotopic (exact) mass is 459 g/mol. The van der Waals surface area contributed by atoms with E-state index in [1.165, 1.54) is 0 Å². The van der Waals surface area contributed by atoms with Gasteiger partial charge in [0.1, 0.15) is 13.2 Å². The second kappa shape index (κ2) is 9.48. The summed E-state index contributed by atoms with van der Waals surface area (Å²) in [4.78, 5) is 14.8. The Hall–Kier alpha value is -2.62. The highest BCUT2D eigenvalue weighted by Gasteiger charge is 2.26. The zero-order valence-electron chi connectivity index (χ0n) is 18.4. The van der Waals surface area contributed by atoms with Gasteiger partial charge < -0.3 is 19.7 Å². The van der Waals surface area contributed by atoms with Gasteiger partial charge in [0.15, 0.2) is 11.5 Å². The Morgan fingerprint density at radius 1 is 1.00 bits per heavy atom. The number of ether oxygens (including phenoxy) is 2. The van der Waals surface area contributed by atoms with Gasteiger partial charge in [-0.2, -0.15) is 4.31 Å². The molecule has 8 nitrogen and oxygen atoms in total. The van der Waals surface area contributed by atoms with Crippen molar-refractivity contribution in [2.24, 2.45) is 0 Å². The minimum atomic E-state index is -3.37. The zero-order chi connectivity index (χ0) is 22.7. The van der Waals surface area contributed by atoms with E-state index in [9.17, 15) is 13.2 Å². The van der Waals surface area contributed by atoms with Gasteiger partial charge in [-0.05, 0) is 49.4 Å². The molecule has 0 unspecified atom stereocenters.